The number of aromatic nitrogens is 2. The van der Waals surface area contributed by atoms with Gasteiger partial charge in [-0.3, -0.25) is 0 Å². The Labute approximate surface area is 102 Å². The predicted octanol–water partition coefficient (Wildman–Crippen LogP) is 0.847. The van der Waals surface area contributed by atoms with E-state index in [0.717, 1.165) is 6.26 Å². The van der Waals surface area contributed by atoms with Crippen LogP contribution in [-0.4, -0.2) is 30.9 Å². The quantitative estimate of drug-likeness (QED) is 0.845. The van der Waals surface area contributed by atoms with Crippen molar-refractivity contribution in [3.63, 3.8) is 0 Å². The summed E-state index contributed by atoms with van der Waals surface area (Å²) >= 11 is 0. The van der Waals surface area contributed by atoms with Gasteiger partial charge in [0, 0.05) is 12.3 Å². The molecule has 0 aliphatic carbocycles. The molecule has 0 bridgehead atoms. The van der Waals surface area contributed by atoms with Gasteiger partial charge in [0.2, 0.25) is 5.89 Å². The van der Waals surface area contributed by atoms with Gasteiger partial charge in [0.25, 0.3) is 0 Å². The van der Waals surface area contributed by atoms with E-state index in [1.165, 1.54) is 0 Å². The average Bonchev–Trinajstić information content (AvgIpc) is 2.61. The molecule has 6 nitrogen and oxygen atoms in total. The molecule has 1 heterocycles. The Kier molecular flexibility index (Phi) is 3.93. The van der Waals surface area contributed by atoms with E-state index >= 15 is 0 Å². The first-order valence-corrected chi connectivity index (χ1v) is 7.30. The molecule has 0 radical (unpaired) electrons. The zero-order valence-electron chi connectivity index (χ0n) is 10.8. The number of nitrogens with zero attached hydrogens (tertiary/aromatic N) is 2. The fourth-order valence-corrected chi connectivity index (χ4v) is 1.42. The summed E-state index contributed by atoms with van der Waals surface area (Å²) in [6, 6.07) is 0.305. The van der Waals surface area contributed by atoms with Crippen molar-refractivity contribution in [2.75, 3.05) is 6.26 Å². The van der Waals surface area contributed by atoms with Gasteiger partial charge in [0.15, 0.2) is 15.7 Å². The van der Waals surface area contributed by atoms with Crippen molar-refractivity contribution in [1.29, 1.82) is 0 Å². The van der Waals surface area contributed by atoms with Crippen LogP contribution in [0.25, 0.3) is 0 Å². The molecule has 17 heavy (non-hydrogen) atoms. The molecule has 98 valence electrons. The highest BCUT2D eigenvalue weighted by Gasteiger charge is 2.38. The lowest BCUT2D eigenvalue weighted by atomic mass is 10.2. The van der Waals surface area contributed by atoms with Crippen LogP contribution in [0.15, 0.2) is 4.52 Å². The highest BCUT2D eigenvalue weighted by atomic mass is 32.2. The first-order chi connectivity index (χ1) is 7.64. The molecule has 7 heteroatoms. The van der Waals surface area contributed by atoms with E-state index in [0.29, 0.717) is 18.4 Å². The number of nitrogens with one attached hydrogen (secondary N) is 1. The standard InChI is InChI=1S/C10H19N3O3S/c1-7(2)11-6-8-12-9(16-13-8)10(3,4)17(5,14)15/h7,11H,6H2,1-5H3. The highest BCUT2D eigenvalue weighted by Crippen LogP contribution is 2.27. The molecule has 0 unspecified atom stereocenters. The summed E-state index contributed by atoms with van der Waals surface area (Å²) in [7, 11) is -3.29. The van der Waals surface area contributed by atoms with Crippen molar-refractivity contribution in [3.05, 3.63) is 11.7 Å². The van der Waals surface area contributed by atoms with Crippen LogP contribution in [0.3, 0.4) is 0 Å². The van der Waals surface area contributed by atoms with E-state index in [2.05, 4.69) is 15.5 Å². The van der Waals surface area contributed by atoms with Gasteiger partial charge in [-0.15, -0.1) is 0 Å². The highest BCUT2D eigenvalue weighted by molar-refractivity contribution is 7.91. The molecule has 1 aromatic rings. The third kappa shape index (κ3) is 3.26. The third-order valence-electron chi connectivity index (χ3n) is 2.58. The summed E-state index contributed by atoms with van der Waals surface area (Å²) in [5.74, 6) is 0.589. The Bertz CT molecular complexity index is 477. The molecule has 0 saturated heterocycles. The summed E-state index contributed by atoms with van der Waals surface area (Å²) in [4.78, 5) is 4.10. The summed E-state index contributed by atoms with van der Waals surface area (Å²) in [6.07, 6.45) is 1.16. The molecule has 0 saturated carbocycles. The Morgan fingerprint density at radius 1 is 1.41 bits per heavy atom. The monoisotopic (exact) mass is 261 g/mol. The largest absolute Gasteiger partial charge is 0.338 e. The van der Waals surface area contributed by atoms with E-state index in [4.69, 9.17) is 4.52 Å². The second-order valence-corrected chi connectivity index (χ2v) is 7.40. The van der Waals surface area contributed by atoms with Crippen LogP contribution in [0.4, 0.5) is 0 Å². The van der Waals surface area contributed by atoms with E-state index in [1.54, 1.807) is 13.8 Å². The van der Waals surface area contributed by atoms with Gasteiger partial charge in [0.05, 0.1) is 6.54 Å². The summed E-state index contributed by atoms with van der Waals surface area (Å²) in [5, 5.41) is 6.89. The van der Waals surface area contributed by atoms with Crippen LogP contribution in [-0.2, 0) is 21.1 Å². The van der Waals surface area contributed by atoms with Crippen molar-refractivity contribution in [1.82, 2.24) is 15.5 Å². The first kappa shape index (κ1) is 14.1. The van der Waals surface area contributed by atoms with Gasteiger partial charge in [-0.25, -0.2) is 8.42 Å². The van der Waals surface area contributed by atoms with Crippen LogP contribution >= 0.6 is 0 Å². The second-order valence-electron chi connectivity index (χ2n) is 4.83. The minimum atomic E-state index is -3.29. The molecule has 0 aromatic carbocycles. The second kappa shape index (κ2) is 4.73. The third-order valence-corrected chi connectivity index (χ3v) is 4.61. The van der Waals surface area contributed by atoms with Gasteiger partial charge in [0.1, 0.15) is 4.75 Å². The van der Waals surface area contributed by atoms with Crippen LogP contribution in [0.2, 0.25) is 0 Å². The maximum absolute atomic E-state index is 11.6. The molecule has 0 fully saturated rings. The summed E-state index contributed by atoms with van der Waals surface area (Å²) in [6.45, 7) is 7.56. The van der Waals surface area contributed by atoms with Crippen LogP contribution in [0, 0.1) is 0 Å². The first-order valence-electron chi connectivity index (χ1n) is 5.40. The molecule has 1 N–H and O–H groups in total. The Morgan fingerprint density at radius 3 is 2.47 bits per heavy atom. The minimum absolute atomic E-state index is 0.126. The smallest absolute Gasteiger partial charge is 0.247 e. The Balaban J connectivity index is 2.88. The lowest BCUT2D eigenvalue weighted by Gasteiger charge is -2.16. The van der Waals surface area contributed by atoms with Crippen LogP contribution in [0.1, 0.15) is 39.4 Å². The molecule has 0 aliphatic heterocycles. The number of rotatable bonds is 5. The van der Waals surface area contributed by atoms with Crippen LogP contribution in [0.5, 0.6) is 0 Å². The Hall–Kier alpha value is -0.950. The summed E-state index contributed by atoms with van der Waals surface area (Å²) < 4.78 is 27.0. The van der Waals surface area contributed by atoms with E-state index < -0.39 is 14.6 Å². The SMILES string of the molecule is CC(C)NCc1noc(C(C)(C)S(C)(=O)=O)n1. The molecule has 1 rings (SSSR count). The van der Waals surface area contributed by atoms with Crippen molar-refractivity contribution >= 4 is 9.84 Å². The van der Waals surface area contributed by atoms with Crippen molar-refractivity contribution in [2.24, 2.45) is 0 Å². The van der Waals surface area contributed by atoms with Crippen LogP contribution < -0.4 is 5.32 Å². The zero-order valence-corrected chi connectivity index (χ0v) is 11.6. The zero-order chi connectivity index (χ0) is 13.3. The van der Waals surface area contributed by atoms with E-state index in [-0.39, 0.29) is 5.89 Å². The van der Waals surface area contributed by atoms with Crippen molar-refractivity contribution < 1.29 is 12.9 Å². The van der Waals surface area contributed by atoms with Gasteiger partial charge in [-0.1, -0.05) is 19.0 Å². The molecule has 0 aliphatic rings. The maximum Gasteiger partial charge on any atom is 0.247 e. The number of sulfone groups is 1. The van der Waals surface area contributed by atoms with Gasteiger partial charge >= 0.3 is 0 Å². The fourth-order valence-electron chi connectivity index (χ4n) is 1.02. The van der Waals surface area contributed by atoms with E-state index in [9.17, 15) is 8.42 Å². The van der Waals surface area contributed by atoms with Gasteiger partial charge < -0.3 is 9.84 Å². The number of hydrogen-bond donors (Lipinski definition) is 1. The maximum atomic E-state index is 11.6. The average molecular weight is 261 g/mol. The predicted molar refractivity (Wildman–Crippen MR) is 64.1 cm³/mol. The van der Waals surface area contributed by atoms with Gasteiger partial charge in [-0.2, -0.15) is 4.98 Å². The van der Waals surface area contributed by atoms with Crippen molar-refractivity contribution in [2.45, 2.75) is 45.0 Å². The van der Waals surface area contributed by atoms with E-state index in [1.807, 2.05) is 13.8 Å². The number of hydrogen-bond acceptors (Lipinski definition) is 6. The lowest BCUT2D eigenvalue weighted by Crippen LogP contribution is -2.28. The molecule has 1 aromatic heterocycles. The Morgan fingerprint density at radius 2 is 2.00 bits per heavy atom. The normalized spacial score (nSPS) is 13.3. The van der Waals surface area contributed by atoms with Gasteiger partial charge in [-0.05, 0) is 13.8 Å². The molecule has 0 atom stereocenters. The molecule has 0 amide bonds. The summed E-state index contributed by atoms with van der Waals surface area (Å²) in [5.41, 5.74) is 0. The minimum Gasteiger partial charge on any atom is -0.338 e. The van der Waals surface area contributed by atoms with Crippen molar-refractivity contribution in [3.8, 4) is 0 Å². The molecule has 0 spiro atoms. The topological polar surface area (TPSA) is 85.1 Å². The fraction of sp³-hybridized carbons (Fsp3) is 0.800. The molecular weight excluding hydrogens is 242 g/mol. The molecular formula is C10H19N3O3S. The lowest BCUT2D eigenvalue weighted by molar-refractivity contribution is 0.342.